The van der Waals surface area contributed by atoms with E-state index in [1.807, 2.05) is 4.68 Å². The van der Waals surface area contributed by atoms with Crippen molar-refractivity contribution in [2.75, 3.05) is 20.3 Å². The van der Waals surface area contributed by atoms with Crippen molar-refractivity contribution in [1.82, 2.24) is 15.0 Å². The van der Waals surface area contributed by atoms with Crippen molar-refractivity contribution in [3.8, 4) is 0 Å². The van der Waals surface area contributed by atoms with Gasteiger partial charge in [0.2, 0.25) is 0 Å². The van der Waals surface area contributed by atoms with Crippen LogP contribution < -0.4 is 0 Å². The summed E-state index contributed by atoms with van der Waals surface area (Å²) in [6, 6.07) is 0.402. The van der Waals surface area contributed by atoms with Gasteiger partial charge in [0, 0.05) is 24.8 Å². The fourth-order valence-electron chi connectivity index (χ4n) is 4.70. The molecule has 1 aromatic rings. The third-order valence-corrected chi connectivity index (χ3v) is 6.08. The predicted octanol–water partition coefficient (Wildman–Crippen LogP) is 2.00. The van der Waals surface area contributed by atoms with Gasteiger partial charge in [-0.3, -0.25) is 4.79 Å². The lowest BCUT2D eigenvalue weighted by atomic mass is 9.80. The average molecular weight is 305 g/mol. The van der Waals surface area contributed by atoms with E-state index < -0.39 is 0 Å². The van der Waals surface area contributed by atoms with Gasteiger partial charge in [-0.05, 0) is 44.9 Å². The molecule has 6 nitrogen and oxygen atoms in total. The van der Waals surface area contributed by atoms with Gasteiger partial charge in [0.1, 0.15) is 0 Å². The van der Waals surface area contributed by atoms with Crippen LogP contribution in [0, 0.1) is 5.41 Å². The minimum Gasteiger partial charge on any atom is -0.469 e. The zero-order valence-electron chi connectivity index (χ0n) is 13.1. The van der Waals surface area contributed by atoms with Gasteiger partial charge in [0.15, 0.2) is 0 Å². The zero-order valence-corrected chi connectivity index (χ0v) is 13.1. The summed E-state index contributed by atoms with van der Waals surface area (Å²) in [5.41, 5.74) is 0.844. The van der Waals surface area contributed by atoms with Crippen LogP contribution >= 0.6 is 0 Å². The maximum Gasteiger partial charge on any atom is 0.311 e. The molecule has 120 valence electrons. The quantitative estimate of drug-likeness (QED) is 0.799. The Kier molecular flexibility index (Phi) is 3.25. The summed E-state index contributed by atoms with van der Waals surface area (Å²) in [7, 11) is 1.50. The van der Waals surface area contributed by atoms with Gasteiger partial charge in [0.05, 0.1) is 24.3 Å². The Bertz CT molecular complexity index is 569. The molecular formula is C16H23N3O3. The summed E-state index contributed by atoms with van der Waals surface area (Å²) >= 11 is 0. The van der Waals surface area contributed by atoms with E-state index in [-0.39, 0.29) is 16.8 Å². The molecule has 0 radical (unpaired) electrons. The Morgan fingerprint density at radius 2 is 2.05 bits per heavy atom. The topological polar surface area (TPSA) is 66.2 Å². The molecular weight excluding hydrogens is 282 g/mol. The van der Waals surface area contributed by atoms with Crippen LogP contribution in [0.25, 0.3) is 0 Å². The number of fused-ring (bicyclic) bond motifs is 2. The lowest BCUT2D eigenvalue weighted by molar-refractivity contribution is -0.152. The van der Waals surface area contributed by atoms with E-state index in [2.05, 4.69) is 16.5 Å². The highest BCUT2D eigenvalue weighted by Crippen LogP contribution is 2.62. The average Bonchev–Trinajstić information content (AvgIpc) is 3.29. The summed E-state index contributed by atoms with van der Waals surface area (Å²) in [4.78, 5) is 12.1. The molecule has 0 N–H and O–H groups in total. The molecule has 6 heteroatoms. The third kappa shape index (κ3) is 2.00. The van der Waals surface area contributed by atoms with Crippen LogP contribution in [-0.2, 0) is 19.7 Å². The second kappa shape index (κ2) is 5.05. The molecule has 3 aliphatic rings. The fourth-order valence-corrected chi connectivity index (χ4v) is 4.70. The summed E-state index contributed by atoms with van der Waals surface area (Å²) in [6.07, 6.45) is 8.88. The minimum absolute atomic E-state index is 0.0382. The number of carbonyl (C=O) groups is 1. The van der Waals surface area contributed by atoms with Crippen LogP contribution in [0.2, 0.25) is 0 Å². The van der Waals surface area contributed by atoms with Crippen molar-refractivity contribution in [1.29, 1.82) is 0 Å². The Morgan fingerprint density at radius 1 is 1.32 bits per heavy atom. The van der Waals surface area contributed by atoms with Crippen molar-refractivity contribution in [2.24, 2.45) is 5.41 Å². The Labute approximate surface area is 130 Å². The van der Waals surface area contributed by atoms with Crippen molar-refractivity contribution in [2.45, 2.75) is 56.4 Å². The first-order valence-electron chi connectivity index (χ1n) is 8.26. The fraction of sp³-hybridized carbons (Fsp3) is 0.812. The molecule has 1 aromatic heterocycles. The van der Waals surface area contributed by atoms with Gasteiger partial charge in [0.25, 0.3) is 0 Å². The number of nitrogens with zero attached hydrogens (tertiary/aromatic N) is 3. The second-order valence-electron chi connectivity index (χ2n) is 7.16. The van der Waals surface area contributed by atoms with Gasteiger partial charge in [-0.15, -0.1) is 5.10 Å². The molecule has 2 bridgehead atoms. The third-order valence-electron chi connectivity index (χ3n) is 6.08. The number of hydrogen-bond acceptors (Lipinski definition) is 5. The number of methoxy groups -OCH3 is 1. The van der Waals surface area contributed by atoms with Gasteiger partial charge in [-0.1, -0.05) is 5.21 Å². The summed E-state index contributed by atoms with van der Waals surface area (Å²) in [5.74, 6) is -0.0382. The molecule has 1 saturated heterocycles. The number of rotatable bonds is 3. The summed E-state index contributed by atoms with van der Waals surface area (Å²) in [5, 5.41) is 8.86. The molecule has 0 unspecified atom stereocenters. The van der Waals surface area contributed by atoms with Crippen molar-refractivity contribution in [3.63, 3.8) is 0 Å². The lowest BCUT2D eigenvalue weighted by Crippen LogP contribution is -2.27. The van der Waals surface area contributed by atoms with E-state index in [1.165, 1.54) is 7.11 Å². The first-order chi connectivity index (χ1) is 10.7. The van der Waals surface area contributed by atoms with Crippen molar-refractivity contribution in [3.05, 3.63) is 11.9 Å². The van der Waals surface area contributed by atoms with Crippen LogP contribution in [0.3, 0.4) is 0 Å². The number of esters is 1. The summed E-state index contributed by atoms with van der Waals surface area (Å²) < 4.78 is 12.5. The first kappa shape index (κ1) is 14.2. The number of aromatic nitrogens is 3. The zero-order chi connectivity index (χ0) is 15.2. The summed E-state index contributed by atoms with van der Waals surface area (Å²) in [6.45, 7) is 1.60. The number of carbonyl (C=O) groups excluding carboxylic acids is 1. The van der Waals surface area contributed by atoms with Crippen LogP contribution in [0.4, 0.5) is 0 Å². The lowest BCUT2D eigenvalue weighted by Gasteiger charge is -2.25. The molecule has 2 saturated carbocycles. The molecule has 2 heterocycles. The smallest absolute Gasteiger partial charge is 0.311 e. The van der Waals surface area contributed by atoms with E-state index in [0.29, 0.717) is 6.04 Å². The molecule has 22 heavy (non-hydrogen) atoms. The largest absolute Gasteiger partial charge is 0.469 e. The van der Waals surface area contributed by atoms with E-state index in [1.54, 1.807) is 0 Å². The Hall–Kier alpha value is -1.43. The SMILES string of the molecule is COC(=O)C12CCC(c3cn(C4CCOCC4)nn3)(CC1)C2. The molecule has 1 aliphatic heterocycles. The van der Waals surface area contributed by atoms with Gasteiger partial charge >= 0.3 is 5.97 Å². The molecule has 2 aliphatic carbocycles. The van der Waals surface area contributed by atoms with Crippen LogP contribution in [-0.4, -0.2) is 41.3 Å². The molecule has 0 amide bonds. The molecule has 0 atom stereocenters. The van der Waals surface area contributed by atoms with Crippen molar-refractivity contribution >= 4 is 5.97 Å². The highest BCUT2D eigenvalue weighted by Gasteiger charge is 2.60. The first-order valence-corrected chi connectivity index (χ1v) is 8.26. The normalized spacial score (nSPS) is 35.0. The Morgan fingerprint density at radius 3 is 2.73 bits per heavy atom. The maximum atomic E-state index is 12.1. The van der Waals surface area contributed by atoms with Gasteiger partial charge in [-0.2, -0.15) is 0 Å². The van der Waals surface area contributed by atoms with Crippen LogP contribution in [0.15, 0.2) is 6.20 Å². The molecule has 4 rings (SSSR count). The Balaban J connectivity index is 1.56. The van der Waals surface area contributed by atoms with Crippen LogP contribution in [0.5, 0.6) is 0 Å². The monoisotopic (exact) mass is 305 g/mol. The second-order valence-corrected chi connectivity index (χ2v) is 7.16. The molecule has 0 aromatic carbocycles. The molecule has 3 fully saturated rings. The number of ether oxygens (including phenoxy) is 2. The van der Waals surface area contributed by atoms with Gasteiger partial charge in [-0.25, -0.2) is 4.68 Å². The van der Waals surface area contributed by atoms with E-state index in [0.717, 1.165) is 63.9 Å². The van der Waals surface area contributed by atoms with E-state index in [4.69, 9.17) is 9.47 Å². The maximum absolute atomic E-state index is 12.1. The van der Waals surface area contributed by atoms with E-state index >= 15 is 0 Å². The van der Waals surface area contributed by atoms with Gasteiger partial charge < -0.3 is 9.47 Å². The minimum atomic E-state index is -0.267. The highest BCUT2D eigenvalue weighted by atomic mass is 16.5. The predicted molar refractivity (Wildman–Crippen MR) is 78.3 cm³/mol. The number of hydrogen-bond donors (Lipinski definition) is 0. The highest BCUT2D eigenvalue weighted by molar-refractivity contribution is 5.78. The van der Waals surface area contributed by atoms with Crippen LogP contribution in [0.1, 0.15) is 56.7 Å². The van der Waals surface area contributed by atoms with E-state index in [9.17, 15) is 4.79 Å². The standard InChI is InChI=1S/C16H23N3O3/c1-21-14(20)16-6-4-15(11-16,5-7-16)13-10-19(18-17-13)12-2-8-22-9-3-12/h10,12H,2-9,11H2,1H3. The van der Waals surface area contributed by atoms with Crippen molar-refractivity contribution < 1.29 is 14.3 Å². The molecule has 0 spiro atoms.